The zero-order valence-electron chi connectivity index (χ0n) is 16.0. The molecule has 0 unspecified atom stereocenters. The number of rotatable bonds is 12. The third-order valence-electron chi connectivity index (χ3n) is 3.86. The van der Waals surface area contributed by atoms with Crippen LogP contribution in [0.4, 0.5) is 0 Å². The molecular weight excluding hydrogens is 378 g/mol. The minimum atomic E-state index is -0.891. The summed E-state index contributed by atoms with van der Waals surface area (Å²) < 4.78 is 2.28. The van der Waals surface area contributed by atoms with E-state index >= 15 is 0 Å². The molecule has 0 radical (unpaired) electrons. The van der Waals surface area contributed by atoms with Gasteiger partial charge in [-0.05, 0) is 13.3 Å². The number of hydrogen-bond donors (Lipinski definition) is 1. The van der Waals surface area contributed by atoms with Crippen LogP contribution in [-0.4, -0.2) is 11.1 Å². The van der Waals surface area contributed by atoms with Crippen LogP contribution in [0.15, 0.2) is 42.7 Å². The third-order valence-corrected chi connectivity index (χ3v) is 3.86. The molecule has 0 aliphatic rings. The molecule has 0 saturated heterocycles. The molecule has 0 aromatic carbocycles. The molecule has 25 heavy (non-hydrogen) atoms. The van der Waals surface area contributed by atoms with E-state index in [-0.39, 0.29) is 17.0 Å². The van der Waals surface area contributed by atoms with Gasteiger partial charge in [0.05, 0.1) is 0 Å². The van der Waals surface area contributed by atoms with Gasteiger partial charge in [-0.15, -0.1) is 0 Å². The third kappa shape index (κ3) is 20.8. The number of allylic oxidation sites excluding steroid dienone is 1. The van der Waals surface area contributed by atoms with Crippen molar-refractivity contribution in [1.29, 1.82) is 0 Å². The maximum atomic E-state index is 9.51. The molecule has 1 aromatic heterocycles. The van der Waals surface area contributed by atoms with Crippen molar-refractivity contribution in [3.05, 3.63) is 42.7 Å². The van der Waals surface area contributed by atoms with Crippen LogP contribution in [0.5, 0.6) is 0 Å². The van der Waals surface area contributed by atoms with Crippen molar-refractivity contribution < 1.29 is 31.4 Å². The molecular formula is C21H36BrNO2. The summed E-state index contributed by atoms with van der Waals surface area (Å²) in [4.78, 5) is 9.51. The summed E-state index contributed by atoms with van der Waals surface area (Å²) in [6.45, 7) is 5.12. The van der Waals surface area contributed by atoms with E-state index in [9.17, 15) is 4.79 Å². The molecule has 0 spiro atoms. The summed E-state index contributed by atoms with van der Waals surface area (Å²) >= 11 is 0. The Morgan fingerprint density at radius 2 is 1.36 bits per heavy atom. The van der Waals surface area contributed by atoms with Gasteiger partial charge in [-0.2, -0.15) is 0 Å². The number of aryl methyl sites for hydroxylation is 1. The second kappa shape index (κ2) is 20.9. The van der Waals surface area contributed by atoms with E-state index in [1.165, 1.54) is 76.8 Å². The highest BCUT2D eigenvalue weighted by Crippen LogP contribution is 2.10. The lowest BCUT2D eigenvalue weighted by atomic mass is 10.1. The van der Waals surface area contributed by atoms with Gasteiger partial charge in [-0.3, -0.25) is 0 Å². The Morgan fingerprint density at radius 1 is 0.880 bits per heavy atom. The topological polar surface area (TPSA) is 41.2 Å². The van der Waals surface area contributed by atoms with Gasteiger partial charge in [0.1, 0.15) is 6.54 Å². The number of hydrogen-bond acceptors (Lipinski definition) is 1. The molecule has 1 N–H and O–H groups in total. The zero-order chi connectivity index (χ0) is 17.9. The van der Waals surface area contributed by atoms with Crippen LogP contribution in [-0.2, 0) is 11.3 Å². The summed E-state index contributed by atoms with van der Waals surface area (Å²) in [7, 11) is 0. The first kappa shape index (κ1) is 26.1. The van der Waals surface area contributed by atoms with Gasteiger partial charge >= 0.3 is 5.97 Å². The lowest BCUT2D eigenvalue weighted by Crippen LogP contribution is -3.00. The molecule has 1 aromatic rings. The quantitative estimate of drug-likeness (QED) is 0.325. The predicted molar refractivity (Wildman–Crippen MR) is 101 cm³/mol. The molecule has 0 aliphatic carbocycles. The average molecular weight is 414 g/mol. The van der Waals surface area contributed by atoms with Crippen LogP contribution in [0.1, 0.15) is 78.1 Å². The Kier molecular flexibility index (Phi) is 21.8. The van der Waals surface area contributed by atoms with Gasteiger partial charge in [0.25, 0.3) is 0 Å². The SMILES string of the molecule is CC=CC(=O)O.CCCCCCCCCCCC[n+]1ccccc1.[Br-]. The maximum Gasteiger partial charge on any atom is 0.327 e. The molecule has 144 valence electrons. The van der Waals surface area contributed by atoms with E-state index < -0.39 is 5.97 Å². The lowest BCUT2D eigenvalue weighted by molar-refractivity contribution is -0.697. The highest BCUT2D eigenvalue weighted by Gasteiger charge is 1.97. The number of aromatic nitrogens is 1. The first-order chi connectivity index (χ1) is 11.7. The van der Waals surface area contributed by atoms with Gasteiger partial charge in [-0.25, -0.2) is 9.36 Å². The van der Waals surface area contributed by atoms with Crippen molar-refractivity contribution in [3.63, 3.8) is 0 Å². The second-order valence-electron chi connectivity index (χ2n) is 6.13. The summed E-state index contributed by atoms with van der Waals surface area (Å²) in [6, 6.07) is 6.29. The van der Waals surface area contributed by atoms with Gasteiger partial charge < -0.3 is 22.1 Å². The van der Waals surface area contributed by atoms with Crippen molar-refractivity contribution in [3.8, 4) is 0 Å². The second-order valence-corrected chi connectivity index (χ2v) is 6.13. The number of carboxylic acids is 1. The number of carboxylic acid groups (broad SMARTS) is 1. The monoisotopic (exact) mass is 413 g/mol. The predicted octanol–water partition coefficient (Wildman–Crippen LogP) is 2.55. The smallest absolute Gasteiger partial charge is 0.327 e. The van der Waals surface area contributed by atoms with Crippen molar-refractivity contribution in [1.82, 2.24) is 0 Å². The van der Waals surface area contributed by atoms with Gasteiger partial charge in [0.2, 0.25) is 0 Å². The number of nitrogens with zero attached hydrogens (tertiary/aromatic N) is 1. The summed E-state index contributed by atoms with van der Waals surface area (Å²) in [5, 5.41) is 7.83. The van der Waals surface area contributed by atoms with E-state index in [1.807, 2.05) is 0 Å². The van der Waals surface area contributed by atoms with Crippen molar-refractivity contribution in [2.24, 2.45) is 0 Å². The van der Waals surface area contributed by atoms with Crippen molar-refractivity contribution in [2.45, 2.75) is 84.6 Å². The lowest BCUT2D eigenvalue weighted by Gasteiger charge is -2.01. The minimum absolute atomic E-state index is 0. The van der Waals surface area contributed by atoms with Crippen LogP contribution in [0.3, 0.4) is 0 Å². The Morgan fingerprint density at radius 3 is 1.76 bits per heavy atom. The number of unbranched alkanes of at least 4 members (excludes halogenated alkanes) is 9. The largest absolute Gasteiger partial charge is 1.00 e. The Labute approximate surface area is 164 Å². The van der Waals surface area contributed by atoms with E-state index in [1.54, 1.807) is 6.92 Å². The van der Waals surface area contributed by atoms with E-state index in [4.69, 9.17) is 5.11 Å². The summed E-state index contributed by atoms with van der Waals surface area (Å²) in [5.41, 5.74) is 0. The molecule has 4 heteroatoms. The van der Waals surface area contributed by atoms with E-state index in [0.29, 0.717) is 0 Å². The Bertz CT molecular complexity index is 421. The van der Waals surface area contributed by atoms with E-state index in [2.05, 4.69) is 42.1 Å². The fourth-order valence-corrected chi connectivity index (χ4v) is 2.51. The average Bonchev–Trinajstić information content (AvgIpc) is 2.58. The first-order valence-electron chi connectivity index (χ1n) is 9.50. The molecule has 0 amide bonds. The van der Waals surface area contributed by atoms with Gasteiger partial charge in [0, 0.05) is 24.6 Å². The molecule has 0 fully saturated rings. The first-order valence-corrected chi connectivity index (χ1v) is 9.50. The molecule has 1 rings (SSSR count). The van der Waals surface area contributed by atoms with Crippen molar-refractivity contribution in [2.75, 3.05) is 0 Å². The summed E-state index contributed by atoms with van der Waals surface area (Å²) in [5.74, 6) is -0.891. The zero-order valence-corrected chi connectivity index (χ0v) is 17.6. The minimum Gasteiger partial charge on any atom is -1.00 e. The summed E-state index contributed by atoms with van der Waals surface area (Å²) in [6.07, 6.45) is 21.0. The van der Waals surface area contributed by atoms with Gasteiger partial charge in [0.15, 0.2) is 12.4 Å². The maximum absolute atomic E-state index is 9.51. The Hall–Kier alpha value is -1.16. The van der Waals surface area contributed by atoms with Crippen LogP contribution in [0.25, 0.3) is 0 Å². The number of aliphatic carboxylic acids is 1. The molecule has 0 atom stereocenters. The fourth-order valence-electron chi connectivity index (χ4n) is 2.51. The number of halogens is 1. The molecule has 3 nitrogen and oxygen atoms in total. The van der Waals surface area contributed by atoms with Crippen LogP contribution in [0.2, 0.25) is 0 Å². The fraction of sp³-hybridized carbons (Fsp3) is 0.619. The van der Waals surface area contributed by atoms with Crippen LogP contribution < -0.4 is 21.5 Å². The highest BCUT2D eigenvalue weighted by molar-refractivity contribution is 5.79. The molecule has 0 aliphatic heterocycles. The Balaban J connectivity index is 0. The molecule has 0 bridgehead atoms. The number of carbonyl (C=O) groups is 1. The van der Waals surface area contributed by atoms with E-state index in [0.717, 1.165) is 6.08 Å². The molecule has 0 saturated carbocycles. The van der Waals surface area contributed by atoms with Crippen LogP contribution in [0, 0.1) is 0 Å². The molecule has 1 heterocycles. The van der Waals surface area contributed by atoms with Gasteiger partial charge in [-0.1, -0.05) is 70.4 Å². The highest BCUT2D eigenvalue weighted by atomic mass is 79.9. The standard InChI is InChI=1S/C17H30N.C4H6O2.BrH/c1-2-3-4-5-6-7-8-9-10-12-15-18-16-13-11-14-17-18;1-2-3-4(5)6;/h11,13-14,16-17H,2-10,12,15H2,1H3;2-3H,1H3,(H,5,6);1H/q+1;;/p-1. The van der Waals surface area contributed by atoms with Crippen molar-refractivity contribution >= 4 is 5.97 Å². The van der Waals surface area contributed by atoms with Crippen LogP contribution >= 0.6 is 0 Å². The number of pyridine rings is 1. The normalized spacial score (nSPS) is 10.0.